The summed E-state index contributed by atoms with van der Waals surface area (Å²) < 4.78 is 0.00641. The quantitative estimate of drug-likeness (QED) is 0.858. The van der Waals surface area contributed by atoms with Gasteiger partial charge in [0.25, 0.3) is 0 Å². The maximum atomic E-state index is 10.7. The fourth-order valence-corrected chi connectivity index (χ4v) is 3.95. The Balaban J connectivity index is 2.36. The van der Waals surface area contributed by atoms with Crippen LogP contribution in [-0.4, -0.2) is 15.6 Å². The average Bonchev–Trinajstić information content (AvgIpc) is 2.71. The van der Waals surface area contributed by atoms with Crippen LogP contribution in [-0.2, 0) is 0 Å². The Hall–Kier alpha value is -0.470. The number of thioether (sulfide) groups is 1. The number of hydrogen-bond donors (Lipinski definition) is 1. The van der Waals surface area contributed by atoms with Crippen molar-refractivity contribution >= 4 is 11.8 Å². The normalized spacial score (nSPS) is 26.2. The summed E-state index contributed by atoms with van der Waals surface area (Å²) in [4.78, 5) is 0. The van der Waals surface area contributed by atoms with E-state index in [9.17, 15) is 5.11 Å². The van der Waals surface area contributed by atoms with Crippen LogP contribution < -0.4 is 0 Å². The van der Waals surface area contributed by atoms with Crippen LogP contribution >= 0.6 is 11.8 Å². The highest BCUT2D eigenvalue weighted by Gasteiger charge is 2.38. The fourth-order valence-electron chi connectivity index (χ4n) is 2.62. The highest BCUT2D eigenvalue weighted by molar-refractivity contribution is 8.00. The molecule has 0 amide bonds. The highest BCUT2D eigenvalue weighted by atomic mass is 32.2. The van der Waals surface area contributed by atoms with Crippen molar-refractivity contribution < 1.29 is 5.11 Å². The first-order valence-corrected chi connectivity index (χ1v) is 7.32. The van der Waals surface area contributed by atoms with Crippen molar-refractivity contribution in [3.8, 4) is 0 Å². The van der Waals surface area contributed by atoms with E-state index in [0.29, 0.717) is 0 Å². The van der Waals surface area contributed by atoms with Crippen LogP contribution in [0.1, 0.15) is 48.1 Å². The van der Waals surface area contributed by atoms with Gasteiger partial charge >= 0.3 is 0 Å². The molecule has 0 spiro atoms. The van der Waals surface area contributed by atoms with Crippen LogP contribution in [0.2, 0.25) is 0 Å². The summed E-state index contributed by atoms with van der Waals surface area (Å²) in [6, 6.07) is 4.36. The predicted octanol–water partition coefficient (Wildman–Crippen LogP) is 3.93. The monoisotopic (exact) mass is 250 g/mol. The molecule has 2 rings (SSSR count). The van der Waals surface area contributed by atoms with Crippen LogP contribution in [0.3, 0.4) is 0 Å². The Morgan fingerprint density at radius 3 is 2.41 bits per heavy atom. The van der Waals surface area contributed by atoms with E-state index in [1.165, 1.54) is 28.9 Å². The van der Waals surface area contributed by atoms with Gasteiger partial charge < -0.3 is 5.11 Å². The van der Waals surface area contributed by atoms with Gasteiger partial charge in [-0.1, -0.05) is 12.1 Å². The molecule has 1 aromatic rings. The van der Waals surface area contributed by atoms with E-state index in [0.717, 1.165) is 12.0 Å². The summed E-state index contributed by atoms with van der Waals surface area (Å²) in [5, 5.41) is 10.7. The van der Waals surface area contributed by atoms with Crippen molar-refractivity contribution in [2.75, 3.05) is 5.75 Å². The summed E-state index contributed by atoms with van der Waals surface area (Å²) in [7, 11) is 0. The topological polar surface area (TPSA) is 20.2 Å². The second-order valence-electron chi connectivity index (χ2n) is 5.46. The van der Waals surface area contributed by atoms with Gasteiger partial charge in [-0.15, -0.1) is 0 Å². The SMILES string of the molecule is Cc1cc(C)c(C(O)C2(C)CCCS2)cc1C. The lowest BCUT2D eigenvalue weighted by Gasteiger charge is -2.31. The molecule has 0 radical (unpaired) electrons. The van der Waals surface area contributed by atoms with Crippen LogP contribution in [0, 0.1) is 20.8 Å². The average molecular weight is 250 g/mol. The second kappa shape index (κ2) is 4.66. The lowest BCUT2D eigenvalue weighted by Crippen LogP contribution is -2.27. The van der Waals surface area contributed by atoms with Gasteiger partial charge in [0.15, 0.2) is 0 Å². The molecular weight excluding hydrogens is 228 g/mol. The number of rotatable bonds is 2. The molecule has 17 heavy (non-hydrogen) atoms. The molecule has 1 heterocycles. The van der Waals surface area contributed by atoms with Gasteiger partial charge in [0, 0.05) is 4.75 Å². The summed E-state index contributed by atoms with van der Waals surface area (Å²) in [6.45, 7) is 8.55. The van der Waals surface area contributed by atoms with E-state index in [1.807, 2.05) is 11.8 Å². The van der Waals surface area contributed by atoms with E-state index in [2.05, 4.69) is 39.8 Å². The number of hydrogen-bond acceptors (Lipinski definition) is 2. The smallest absolute Gasteiger partial charge is 0.0936 e. The molecule has 1 nitrogen and oxygen atoms in total. The van der Waals surface area contributed by atoms with E-state index >= 15 is 0 Å². The highest BCUT2D eigenvalue weighted by Crippen LogP contribution is 2.47. The van der Waals surface area contributed by atoms with E-state index < -0.39 is 0 Å². The lowest BCUT2D eigenvalue weighted by atomic mass is 9.88. The van der Waals surface area contributed by atoms with Gasteiger partial charge in [0.1, 0.15) is 0 Å². The fraction of sp³-hybridized carbons (Fsp3) is 0.600. The first-order chi connectivity index (χ1) is 7.94. The van der Waals surface area contributed by atoms with Crippen LogP contribution in [0.15, 0.2) is 12.1 Å². The molecule has 2 atom stereocenters. The zero-order valence-electron chi connectivity index (χ0n) is 11.2. The minimum atomic E-state index is -0.339. The van der Waals surface area contributed by atoms with Crippen molar-refractivity contribution in [2.24, 2.45) is 0 Å². The second-order valence-corrected chi connectivity index (χ2v) is 7.09. The maximum Gasteiger partial charge on any atom is 0.0936 e. The van der Waals surface area contributed by atoms with Crippen molar-refractivity contribution in [3.05, 3.63) is 34.4 Å². The van der Waals surface area contributed by atoms with Gasteiger partial charge in [-0.2, -0.15) is 11.8 Å². The van der Waals surface area contributed by atoms with Gasteiger partial charge in [-0.25, -0.2) is 0 Å². The molecule has 1 aliphatic rings. The Morgan fingerprint density at radius 1 is 1.18 bits per heavy atom. The molecule has 2 heteroatoms. The lowest BCUT2D eigenvalue weighted by molar-refractivity contribution is 0.134. The first kappa shape index (κ1) is 13.0. The molecule has 94 valence electrons. The van der Waals surface area contributed by atoms with Crippen LogP contribution in [0.4, 0.5) is 0 Å². The Morgan fingerprint density at radius 2 is 1.82 bits per heavy atom. The molecule has 0 aromatic heterocycles. The summed E-state index contributed by atoms with van der Waals surface area (Å²) in [5.41, 5.74) is 4.92. The molecule has 0 aliphatic carbocycles. The Bertz CT molecular complexity index is 419. The maximum absolute atomic E-state index is 10.7. The molecule has 1 N–H and O–H groups in total. The number of aliphatic hydroxyl groups excluding tert-OH is 1. The third kappa shape index (κ3) is 2.38. The van der Waals surface area contributed by atoms with Gasteiger partial charge in [0.2, 0.25) is 0 Å². The zero-order valence-corrected chi connectivity index (χ0v) is 12.0. The first-order valence-electron chi connectivity index (χ1n) is 6.34. The van der Waals surface area contributed by atoms with Crippen LogP contribution in [0.25, 0.3) is 0 Å². The third-order valence-electron chi connectivity index (χ3n) is 4.00. The minimum absolute atomic E-state index is 0.00641. The minimum Gasteiger partial charge on any atom is -0.387 e. The third-order valence-corrected chi connectivity index (χ3v) is 5.58. The van der Waals surface area contributed by atoms with Gasteiger partial charge in [0.05, 0.1) is 6.10 Å². The standard InChI is InChI=1S/C15H22OS/c1-10-8-12(3)13(9-11(10)2)14(16)15(4)6-5-7-17-15/h8-9,14,16H,5-7H2,1-4H3. The van der Waals surface area contributed by atoms with Crippen LogP contribution in [0.5, 0.6) is 0 Å². The van der Waals surface area contributed by atoms with Crippen molar-refractivity contribution in [3.63, 3.8) is 0 Å². The van der Waals surface area contributed by atoms with Gasteiger partial charge in [-0.3, -0.25) is 0 Å². The molecule has 1 saturated heterocycles. The van der Waals surface area contributed by atoms with Gasteiger partial charge in [-0.05, 0) is 68.5 Å². The molecule has 0 saturated carbocycles. The summed E-state index contributed by atoms with van der Waals surface area (Å²) in [5.74, 6) is 1.18. The molecule has 0 bridgehead atoms. The summed E-state index contributed by atoms with van der Waals surface area (Å²) in [6.07, 6.45) is 2.00. The van der Waals surface area contributed by atoms with Crippen molar-refractivity contribution in [1.29, 1.82) is 0 Å². The van der Waals surface area contributed by atoms with E-state index in [1.54, 1.807) is 0 Å². The largest absolute Gasteiger partial charge is 0.387 e. The number of aliphatic hydroxyl groups is 1. The predicted molar refractivity (Wildman–Crippen MR) is 75.7 cm³/mol. The number of aryl methyl sites for hydroxylation is 3. The van der Waals surface area contributed by atoms with Crippen molar-refractivity contribution in [1.82, 2.24) is 0 Å². The number of benzene rings is 1. The molecule has 1 fully saturated rings. The van der Waals surface area contributed by atoms with E-state index in [4.69, 9.17) is 0 Å². The zero-order chi connectivity index (χ0) is 12.6. The molecular formula is C15H22OS. The molecule has 1 aromatic carbocycles. The summed E-state index contributed by atoms with van der Waals surface area (Å²) >= 11 is 1.92. The van der Waals surface area contributed by atoms with E-state index in [-0.39, 0.29) is 10.9 Å². The van der Waals surface area contributed by atoms with Crippen molar-refractivity contribution in [2.45, 2.75) is 51.4 Å². The molecule has 2 unspecified atom stereocenters. The Kier molecular flexibility index (Phi) is 3.55. The molecule has 1 aliphatic heterocycles. The Labute approximate surface area is 109 Å².